The van der Waals surface area contributed by atoms with Gasteiger partial charge in [-0.15, -0.1) is 0 Å². The number of methoxy groups -OCH3 is 1. The Bertz CT molecular complexity index is 970. The normalized spacial score (nSPS) is 15.5. The molecule has 0 atom stereocenters. The van der Waals surface area contributed by atoms with Gasteiger partial charge in [0.05, 0.1) is 20.3 Å². The highest BCUT2D eigenvalue weighted by Gasteiger charge is 2.31. The van der Waals surface area contributed by atoms with Crippen molar-refractivity contribution in [2.24, 2.45) is 9.98 Å². The summed E-state index contributed by atoms with van der Waals surface area (Å²) in [7, 11) is 1.54. The van der Waals surface area contributed by atoms with Crippen LogP contribution in [0.5, 0.6) is 11.5 Å². The van der Waals surface area contributed by atoms with Gasteiger partial charge in [-0.05, 0) is 24.3 Å². The first kappa shape index (κ1) is 18.0. The predicted molar refractivity (Wildman–Crippen MR) is 106 cm³/mol. The van der Waals surface area contributed by atoms with E-state index >= 15 is 0 Å². The summed E-state index contributed by atoms with van der Waals surface area (Å²) in [6.45, 7) is 1.37. The van der Waals surface area contributed by atoms with Crippen molar-refractivity contribution in [3.63, 3.8) is 0 Å². The second kappa shape index (κ2) is 7.69. The molecule has 0 unspecified atom stereocenters. The molecule has 0 bridgehead atoms. The molecule has 0 amide bonds. The van der Waals surface area contributed by atoms with E-state index in [9.17, 15) is 5.11 Å². The highest BCUT2D eigenvalue weighted by molar-refractivity contribution is 6.20. The van der Waals surface area contributed by atoms with Crippen molar-refractivity contribution in [2.75, 3.05) is 33.4 Å². The van der Waals surface area contributed by atoms with Gasteiger partial charge in [-0.1, -0.05) is 0 Å². The number of ether oxygens (including phenoxy) is 2. The minimum Gasteiger partial charge on any atom is -0.507 e. The summed E-state index contributed by atoms with van der Waals surface area (Å²) in [5.41, 5.74) is 2.02. The van der Waals surface area contributed by atoms with Crippen LogP contribution >= 0.6 is 0 Å². The van der Waals surface area contributed by atoms with E-state index in [2.05, 4.69) is 9.98 Å². The van der Waals surface area contributed by atoms with Crippen LogP contribution in [0.2, 0.25) is 0 Å². The lowest BCUT2D eigenvalue weighted by atomic mass is 10.1. The molecular weight excluding hydrogens is 360 g/mol. The minimum atomic E-state index is -0.100. The maximum Gasteiger partial charge on any atom is 0.187 e. The van der Waals surface area contributed by atoms with Crippen LogP contribution in [0.25, 0.3) is 5.76 Å². The van der Waals surface area contributed by atoms with E-state index in [1.54, 1.807) is 43.8 Å². The van der Waals surface area contributed by atoms with Gasteiger partial charge in [0.2, 0.25) is 0 Å². The number of aliphatic imine (C=N–C) groups is 2. The maximum atomic E-state index is 10.5. The Labute approximate surface area is 162 Å². The van der Waals surface area contributed by atoms with E-state index < -0.39 is 0 Å². The summed E-state index contributed by atoms with van der Waals surface area (Å²) in [6, 6.07) is 7.20. The zero-order chi connectivity index (χ0) is 19.5. The predicted octanol–water partition coefficient (Wildman–Crippen LogP) is 2.17. The van der Waals surface area contributed by atoms with E-state index in [0.717, 1.165) is 11.4 Å². The first-order chi connectivity index (χ1) is 13.7. The van der Waals surface area contributed by atoms with E-state index in [4.69, 9.17) is 19.6 Å². The minimum absolute atomic E-state index is 0.0631. The zero-order valence-corrected chi connectivity index (χ0v) is 15.4. The largest absolute Gasteiger partial charge is 0.507 e. The van der Waals surface area contributed by atoms with Crippen molar-refractivity contribution in [3.05, 3.63) is 53.9 Å². The fraction of sp³-hybridized carbons (Fsp3) is 0.250. The van der Waals surface area contributed by atoms with Crippen molar-refractivity contribution >= 4 is 23.1 Å². The van der Waals surface area contributed by atoms with E-state index in [1.165, 1.54) is 0 Å². The summed E-state index contributed by atoms with van der Waals surface area (Å²) < 4.78 is 11.1. The Kier molecular flexibility index (Phi) is 4.94. The van der Waals surface area contributed by atoms with E-state index in [1.807, 2.05) is 11.0 Å². The highest BCUT2D eigenvalue weighted by Crippen LogP contribution is 2.43. The molecule has 8 heteroatoms. The van der Waals surface area contributed by atoms with Crippen molar-refractivity contribution in [3.8, 4) is 11.5 Å². The first-order valence-corrected chi connectivity index (χ1v) is 8.89. The number of pyridine rings is 1. The fourth-order valence-corrected chi connectivity index (χ4v) is 3.22. The molecule has 0 spiro atoms. The number of benzene rings is 1. The van der Waals surface area contributed by atoms with Gasteiger partial charge >= 0.3 is 0 Å². The topological polar surface area (TPSA) is 99.8 Å². The number of hydrogen-bond acceptors (Lipinski definition) is 8. The molecule has 2 aromatic rings. The summed E-state index contributed by atoms with van der Waals surface area (Å²) in [6.07, 6.45) is 4.83. The van der Waals surface area contributed by atoms with Crippen molar-refractivity contribution in [1.29, 1.82) is 0 Å². The Morgan fingerprint density at radius 3 is 2.96 bits per heavy atom. The van der Waals surface area contributed by atoms with E-state index in [-0.39, 0.29) is 19.0 Å². The Balaban J connectivity index is 1.81. The average molecular weight is 380 g/mol. The molecule has 0 saturated carbocycles. The Morgan fingerprint density at radius 1 is 1.32 bits per heavy atom. The van der Waals surface area contributed by atoms with Crippen LogP contribution in [0.1, 0.15) is 11.1 Å². The van der Waals surface area contributed by atoms with Gasteiger partial charge < -0.3 is 24.6 Å². The van der Waals surface area contributed by atoms with Gasteiger partial charge in [0.1, 0.15) is 29.7 Å². The Hall–Kier alpha value is -3.39. The first-order valence-electron chi connectivity index (χ1n) is 8.89. The molecule has 2 aliphatic heterocycles. The lowest BCUT2D eigenvalue weighted by Gasteiger charge is -2.27. The summed E-state index contributed by atoms with van der Waals surface area (Å²) in [4.78, 5) is 15.3. The van der Waals surface area contributed by atoms with Gasteiger partial charge in [0, 0.05) is 36.1 Å². The number of aliphatic hydroxyl groups is 2. The number of amidine groups is 2. The van der Waals surface area contributed by atoms with Crippen LogP contribution in [0.3, 0.4) is 0 Å². The van der Waals surface area contributed by atoms with Gasteiger partial charge in [-0.2, -0.15) is 0 Å². The van der Waals surface area contributed by atoms with Crippen LogP contribution in [-0.2, 0) is 0 Å². The quantitative estimate of drug-likeness (QED) is 0.745. The molecule has 1 aromatic heterocycles. The third-order valence-electron chi connectivity index (χ3n) is 4.46. The summed E-state index contributed by atoms with van der Waals surface area (Å²) in [5, 5.41) is 19.6. The van der Waals surface area contributed by atoms with Crippen molar-refractivity contribution in [2.45, 2.75) is 0 Å². The van der Waals surface area contributed by atoms with Crippen LogP contribution in [0.4, 0.5) is 5.69 Å². The van der Waals surface area contributed by atoms with Crippen molar-refractivity contribution in [1.82, 2.24) is 9.88 Å². The molecule has 0 fully saturated rings. The molecule has 144 valence electrons. The standard InChI is InChI=1S/C20H20N4O4/c1-27-19-16(28-10-9-25)5-4-14-18(19)23-17(24-8-7-22-20(14)24)11-15(26)13-3-2-6-21-12-13/h2-6,11-12,25-26H,7-10H2,1H3/b15-11-. The smallest absolute Gasteiger partial charge is 0.187 e. The van der Waals surface area contributed by atoms with Crippen LogP contribution < -0.4 is 9.47 Å². The number of hydrogen-bond donors (Lipinski definition) is 2. The molecule has 2 N–H and O–H groups in total. The second-order valence-corrected chi connectivity index (χ2v) is 6.16. The van der Waals surface area contributed by atoms with Crippen molar-refractivity contribution < 1.29 is 19.7 Å². The molecule has 1 aromatic carbocycles. The van der Waals surface area contributed by atoms with Crippen LogP contribution in [0.15, 0.2) is 52.7 Å². The molecule has 8 nitrogen and oxygen atoms in total. The third kappa shape index (κ3) is 3.18. The van der Waals surface area contributed by atoms with Gasteiger partial charge in [0.15, 0.2) is 11.5 Å². The average Bonchev–Trinajstić information content (AvgIpc) is 3.23. The molecule has 0 radical (unpaired) electrons. The molecular formula is C20H20N4O4. The number of aliphatic hydroxyl groups excluding tert-OH is 2. The fourth-order valence-electron chi connectivity index (χ4n) is 3.22. The second-order valence-electron chi connectivity index (χ2n) is 6.16. The highest BCUT2D eigenvalue weighted by atomic mass is 16.5. The summed E-state index contributed by atoms with van der Waals surface area (Å²) >= 11 is 0. The van der Waals surface area contributed by atoms with Crippen LogP contribution in [-0.4, -0.2) is 65.2 Å². The molecule has 28 heavy (non-hydrogen) atoms. The summed E-state index contributed by atoms with van der Waals surface area (Å²) in [5.74, 6) is 2.36. The number of nitrogens with zero attached hydrogens (tertiary/aromatic N) is 4. The SMILES string of the molecule is COc1c(OCCO)ccc2c1N=C(/C=C(\O)c1cccnc1)N1CCN=C21. The maximum absolute atomic E-state index is 10.5. The molecule has 2 aliphatic rings. The molecule has 3 heterocycles. The number of aromatic nitrogens is 1. The zero-order valence-electron chi connectivity index (χ0n) is 15.4. The monoisotopic (exact) mass is 380 g/mol. The molecule has 0 saturated heterocycles. The molecule has 0 aliphatic carbocycles. The third-order valence-corrected chi connectivity index (χ3v) is 4.46. The lowest BCUT2D eigenvalue weighted by Crippen LogP contribution is -2.36. The Morgan fingerprint density at radius 2 is 2.21 bits per heavy atom. The van der Waals surface area contributed by atoms with Crippen LogP contribution in [0, 0.1) is 0 Å². The van der Waals surface area contributed by atoms with E-state index in [0.29, 0.717) is 41.7 Å². The van der Waals surface area contributed by atoms with Gasteiger partial charge in [-0.3, -0.25) is 9.98 Å². The van der Waals surface area contributed by atoms with Gasteiger partial charge in [-0.25, -0.2) is 4.99 Å². The lowest BCUT2D eigenvalue weighted by molar-refractivity contribution is 0.196. The molecule has 4 rings (SSSR count). The number of fused-ring (bicyclic) bond motifs is 3. The van der Waals surface area contributed by atoms with Gasteiger partial charge in [0.25, 0.3) is 0 Å². The number of rotatable bonds is 6.